The van der Waals surface area contributed by atoms with Gasteiger partial charge in [0, 0.05) is 30.9 Å². The first kappa shape index (κ1) is 19.4. The maximum Gasteiger partial charge on any atom is 0.222 e. The predicted molar refractivity (Wildman–Crippen MR) is 92.7 cm³/mol. The molecule has 0 aromatic heterocycles. The van der Waals surface area contributed by atoms with Crippen LogP contribution >= 0.6 is 0 Å². The van der Waals surface area contributed by atoms with Crippen molar-refractivity contribution in [2.75, 3.05) is 13.2 Å². The van der Waals surface area contributed by atoms with Gasteiger partial charge in [0.1, 0.15) is 5.78 Å². The van der Waals surface area contributed by atoms with Crippen LogP contribution in [0.3, 0.4) is 0 Å². The number of nitrogens with one attached hydrogen (secondary N) is 1. The molecule has 0 aromatic carbocycles. The third-order valence-electron chi connectivity index (χ3n) is 5.18. The minimum Gasteiger partial charge on any atom is -0.379 e. The van der Waals surface area contributed by atoms with Crippen LogP contribution in [-0.4, -0.2) is 43.2 Å². The van der Waals surface area contributed by atoms with Crippen LogP contribution in [0.2, 0.25) is 0 Å². The van der Waals surface area contributed by atoms with E-state index in [9.17, 15) is 9.59 Å². The Morgan fingerprint density at radius 2 is 1.62 bits per heavy atom. The molecule has 0 saturated heterocycles. The summed E-state index contributed by atoms with van der Waals surface area (Å²) in [5, 5.41) is 3.01. The summed E-state index contributed by atoms with van der Waals surface area (Å²) >= 11 is 0. The normalized spacial score (nSPS) is 30.0. The van der Waals surface area contributed by atoms with Crippen molar-refractivity contribution in [1.29, 1.82) is 0 Å². The second kappa shape index (κ2) is 9.52. The molecule has 2 aliphatic carbocycles. The van der Waals surface area contributed by atoms with Crippen LogP contribution in [0.5, 0.6) is 0 Å². The number of hydrogen-bond donors (Lipinski definition) is 1. The van der Waals surface area contributed by atoms with Crippen LogP contribution in [0.4, 0.5) is 0 Å². The van der Waals surface area contributed by atoms with Gasteiger partial charge in [-0.2, -0.15) is 0 Å². The molecule has 0 radical (unpaired) electrons. The number of rotatable bonds is 9. The minimum atomic E-state index is 0.0402. The van der Waals surface area contributed by atoms with Gasteiger partial charge >= 0.3 is 0 Å². The predicted octanol–water partition coefficient (Wildman–Crippen LogP) is 2.86. The van der Waals surface area contributed by atoms with E-state index in [1.165, 1.54) is 0 Å². The molecule has 0 heterocycles. The molecule has 2 saturated carbocycles. The highest BCUT2D eigenvalue weighted by Crippen LogP contribution is 2.30. The molecule has 0 aromatic rings. The van der Waals surface area contributed by atoms with Crippen molar-refractivity contribution < 1.29 is 19.1 Å². The minimum absolute atomic E-state index is 0.0402. The van der Waals surface area contributed by atoms with Gasteiger partial charge in [0.2, 0.25) is 5.91 Å². The Hall–Kier alpha value is -0.940. The van der Waals surface area contributed by atoms with E-state index in [2.05, 4.69) is 5.32 Å². The summed E-state index contributed by atoms with van der Waals surface area (Å²) in [6.07, 6.45) is 6.81. The van der Waals surface area contributed by atoms with Crippen molar-refractivity contribution in [1.82, 2.24) is 5.32 Å². The lowest BCUT2D eigenvalue weighted by molar-refractivity contribution is -0.131. The molecule has 138 valence electrons. The third-order valence-corrected chi connectivity index (χ3v) is 5.18. The third kappa shape index (κ3) is 5.85. The van der Waals surface area contributed by atoms with E-state index in [1.807, 2.05) is 20.8 Å². The van der Waals surface area contributed by atoms with Crippen LogP contribution in [0.15, 0.2) is 0 Å². The van der Waals surface area contributed by atoms with E-state index in [-0.39, 0.29) is 29.9 Å². The van der Waals surface area contributed by atoms with E-state index in [1.54, 1.807) is 0 Å². The molecule has 0 unspecified atom stereocenters. The fourth-order valence-electron chi connectivity index (χ4n) is 3.66. The molecule has 2 aliphatic rings. The van der Waals surface area contributed by atoms with E-state index < -0.39 is 0 Å². The zero-order valence-corrected chi connectivity index (χ0v) is 15.4. The fraction of sp³-hybridized carbons (Fsp3) is 0.895. The summed E-state index contributed by atoms with van der Waals surface area (Å²) < 4.78 is 11.5. The van der Waals surface area contributed by atoms with Gasteiger partial charge in [0.25, 0.3) is 0 Å². The SMILES string of the molecule is CCOC1CCC(OCCC(=O)NC2CC(C(=O)C(C)C)C2)CC1. The monoisotopic (exact) mass is 339 g/mol. The molecular formula is C19H33NO4. The Kier molecular flexibility index (Phi) is 7.69. The fourth-order valence-corrected chi connectivity index (χ4v) is 3.66. The lowest BCUT2D eigenvalue weighted by atomic mass is 9.75. The van der Waals surface area contributed by atoms with E-state index in [4.69, 9.17) is 9.47 Å². The highest BCUT2D eigenvalue weighted by atomic mass is 16.5. The van der Waals surface area contributed by atoms with Crippen molar-refractivity contribution in [3.8, 4) is 0 Å². The second-order valence-electron chi connectivity index (χ2n) is 7.46. The zero-order chi connectivity index (χ0) is 17.5. The van der Waals surface area contributed by atoms with Crippen LogP contribution in [-0.2, 0) is 19.1 Å². The average molecular weight is 339 g/mol. The summed E-state index contributed by atoms with van der Waals surface area (Å²) in [7, 11) is 0. The van der Waals surface area contributed by atoms with Gasteiger partial charge in [-0.05, 0) is 45.4 Å². The van der Waals surface area contributed by atoms with Crippen LogP contribution < -0.4 is 5.32 Å². The van der Waals surface area contributed by atoms with Crippen LogP contribution in [0, 0.1) is 11.8 Å². The number of carbonyl (C=O) groups is 2. The molecule has 24 heavy (non-hydrogen) atoms. The van der Waals surface area contributed by atoms with Crippen molar-refractivity contribution in [2.24, 2.45) is 11.8 Å². The Bertz CT molecular complexity index is 410. The number of Topliss-reactive ketones (excluding diaryl/α,β-unsaturated/α-hetero) is 1. The number of amides is 1. The van der Waals surface area contributed by atoms with Gasteiger partial charge in [0.05, 0.1) is 18.8 Å². The number of hydrogen-bond acceptors (Lipinski definition) is 4. The first-order valence-corrected chi connectivity index (χ1v) is 9.55. The lowest BCUT2D eigenvalue weighted by Crippen LogP contribution is -2.47. The van der Waals surface area contributed by atoms with Gasteiger partial charge < -0.3 is 14.8 Å². The molecule has 5 heteroatoms. The molecule has 0 aliphatic heterocycles. The van der Waals surface area contributed by atoms with Gasteiger partial charge in [-0.1, -0.05) is 13.8 Å². The maximum absolute atomic E-state index is 11.9. The highest BCUT2D eigenvalue weighted by Gasteiger charge is 2.35. The van der Waals surface area contributed by atoms with Crippen molar-refractivity contribution in [2.45, 2.75) is 84.0 Å². The Morgan fingerprint density at radius 3 is 2.17 bits per heavy atom. The molecule has 1 amide bonds. The quantitative estimate of drug-likeness (QED) is 0.701. The lowest BCUT2D eigenvalue weighted by Gasteiger charge is -2.35. The van der Waals surface area contributed by atoms with Gasteiger partial charge in [0.15, 0.2) is 0 Å². The van der Waals surface area contributed by atoms with Crippen LogP contribution in [0.25, 0.3) is 0 Å². The maximum atomic E-state index is 11.9. The molecule has 5 nitrogen and oxygen atoms in total. The number of ether oxygens (including phenoxy) is 2. The van der Waals surface area contributed by atoms with E-state index in [0.29, 0.717) is 24.9 Å². The van der Waals surface area contributed by atoms with Crippen molar-refractivity contribution in [3.05, 3.63) is 0 Å². The Morgan fingerprint density at radius 1 is 1.04 bits per heavy atom. The van der Waals surface area contributed by atoms with Crippen molar-refractivity contribution in [3.63, 3.8) is 0 Å². The molecule has 0 spiro atoms. The van der Waals surface area contributed by atoms with Crippen LogP contribution in [0.1, 0.15) is 65.7 Å². The first-order chi connectivity index (χ1) is 11.5. The second-order valence-corrected chi connectivity index (χ2v) is 7.46. The molecule has 2 rings (SSSR count). The highest BCUT2D eigenvalue weighted by molar-refractivity contribution is 5.84. The molecule has 0 bridgehead atoms. The molecular weight excluding hydrogens is 306 g/mol. The summed E-state index contributed by atoms with van der Waals surface area (Å²) in [4.78, 5) is 23.8. The number of carbonyl (C=O) groups excluding carboxylic acids is 2. The standard InChI is InChI=1S/C19H33NO4/c1-4-23-16-5-7-17(8-6-16)24-10-9-18(21)20-15-11-14(12-15)19(22)13(2)3/h13-17H,4-12H2,1-3H3,(H,20,21). The van der Waals surface area contributed by atoms with Crippen molar-refractivity contribution >= 4 is 11.7 Å². The Balaban J connectivity index is 1.51. The zero-order valence-electron chi connectivity index (χ0n) is 15.4. The molecule has 2 fully saturated rings. The van der Waals surface area contributed by atoms with Gasteiger partial charge in [-0.25, -0.2) is 0 Å². The van der Waals surface area contributed by atoms with Gasteiger partial charge in [-0.15, -0.1) is 0 Å². The number of ketones is 1. The molecule has 1 N–H and O–H groups in total. The van der Waals surface area contributed by atoms with Gasteiger partial charge in [-0.3, -0.25) is 9.59 Å². The Labute approximate surface area is 145 Å². The first-order valence-electron chi connectivity index (χ1n) is 9.55. The summed E-state index contributed by atoms with van der Waals surface area (Å²) in [6, 6.07) is 0.173. The smallest absolute Gasteiger partial charge is 0.222 e. The van der Waals surface area contributed by atoms with E-state index in [0.717, 1.165) is 45.1 Å². The topological polar surface area (TPSA) is 64.6 Å². The summed E-state index contributed by atoms with van der Waals surface area (Å²) in [5.41, 5.74) is 0. The largest absolute Gasteiger partial charge is 0.379 e. The van der Waals surface area contributed by atoms with E-state index >= 15 is 0 Å². The molecule has 0 atom stereocenters. The summed E-state index contributed by atoms with van der Waals surface area (Å²) in [6.45, 7) is 7.17. The average Bonchev–Trinajstić information content (AvgIpc) is 2.51. The summed E-state index contributed by atoms with van der Waals surface area (Å²) in [5.74, 6) is 0.606.